The van der Waals surface area contributed by atoms with Gasteiger partial charge in [-0.15, -0.1) is 0 Å². The molecule has 5 rings (SSSR count). The quantitative estimate of drug-likeness (QED) is 0.770. The zero-order valence-electron chi connectivity index (χ0n) is 17.2. The van der Waals surface area contributed by atoms with Crippen LogP contribution >= 0.6 is 15.9 Å². The average molecular weight is 446 g/mol. The number of nitrogens with one attached hydrogen (secondary N) is 1. The molecular weight excluding hydrogens is 418 g/mol. The Kier molecular flexibility index (Phi) is 4.84. The molecule has 28 heavy (non-hydrogen) atoms. The Labute approximate surface area is 174 Å². The lowest BCUT2D eigenvalue weighted by molar-refractivity contribution is -0.105. The summed E-state index contributed by atoms with van der Waals surface area (Å²) in [5, 5.41) is 7.99. The molecule has 6 nitrogen and oxygen atoms in total. The lowest BCUT2D eigenvalue weighted by Crippen LogP contribution is -2.58. The number of anilines is 1. The fourth-order valence-electron chi connectivity index (χ4n) is 5.25. The van der Waals surface area contributed by atoms with Gasteiger partial charge in [0, 0.05) is 11.7 Å². The Morgan fingerprint density at radius 1 is 1.29 bits per heavy atom. The van der Waals surface area contributed by atoms with Gasteiger partial charge >= 0.3 is 0 Å². The monoisotopic (exact) mass is 445 g/mol. The molecule has 0 amide bonds. The van der Waals surface area contributed by atoms with Crippen LogP contribution in [0.15, 0.2) is 21.5 Å². The van der Waals surface area contributed by atoms with Gasteiger partial charge in [-0.3, -0.25) is 4.79 Å². The highest BCUT2D eigenvalue weighted by atomic mass is 79.9. The van der Waals surface area contributed by atoms with E-state index in [9.17, 15) is 4.79 Å². The Hall–Kier alpha value is -1.76. The van der Waals surface area contributed by atoms with Crippen molar-refractivity contribution in [3.8, 4) is 0 Å². The number of hydrogen-bond acceptors (Lipinski definition) is 5. The van der Waals surface area contributed by atoms with Gasteiger partial charge in [0.15, 0.2) is 0 Å². The minimum atomic E-state index is -0.145. The van der Waals surface area contributed by atoms with E-state index in [0.29, 0.717) is 34.2 Å². The summed E-state index contributed by atoms with van der Waals surface area (Å²) in [7, 11) is 0. The van der Waals surface area contributed by atoms with Gasteiger partial charge in [-0.05, 0) is 71.9 Å². The molecule has 2 aromatic rings. The second-order valence-corrected chi connectivity index (χ2v) is 9.88. The Balaban J connectivity index is 1.53. The third-order valence-electron chi connectivity index (χ3n) is 7.01. The molecule has 0 aromatic carbocycles. The van der Waals surface area contributed by atoms with E-state index in [0.717, 1.165) is 35.3 Å². The predicted octanol–water partition coefficient (Wildman–Crippen LogP) is 3.94. The second-order valence-electron chi connectivity index (χ2n) is 9.09. The van der Waals surface area contributed by atoms with E-state index in [1.165, 1.54) is 11.1 Å². The number of rotatable bonds is 4. The number of fused-ring (bicyclic) bond motifs is 2. The van der Waals surface area contributed by atoms with Crippen LogP contribution in [0, 0.1) is 37.0 Å². The number of aryl methyl sites for hydroxylation is 2. The molecule has 0 spiro atoms. The Morgan fingerprint density at radius 2 is 2.04 bits per heavy atom. The largest absolute Gasteiger partial charge is 0.380 e. The molecule has 1 N–H and O–H groups in total. The van der Waals surface area contributed by atoms with Crippen molar-refractivity contribution in [2.24, 2.45) is 23.2 Å². The van der Waals surface area contributed by atoms with Crippen LogP contribution in [-0.4, -0.2) is 25.8 Å². The maximum Gasteiger partial charge on any atom is 0.283 e. The van der Waals surface area contributed by atoms with Gasteiger partial charge in [-0.25, -0.2) is 14.6 Å². The third-order valence-corrected chi connectivity index (χ3v) is 7.78. The fraction of sp³-hybridized carbons (Fsp3) is 0.619. The molecule has 4 atom stereocenters. The van der Waals surface area contributed by atoms with Crippen LogP contribution in [0.2, 0.25) is 0 Å². The highest BCUT2D eigenvalue weighted by Crippen LogP contribution is 2.61. The van der Waals surface area contributed by atoms with Crippen molar-refractivity contribution in [1.82, 2.24) is 19.7 Å². The van der Waals surface area contributed by atoms with Crippen LogP contribution in [0.1, 0.15) is 50.8 Å². The lowest BCUT2D eigenvalue weighted by atomic mass is 9.45. The summed E-state index contributed by atoms with van der Waals surface area (Å²) in [6.45, 7) is 11.2. The van der Waals surface area contributed by atoms with Gasteiger partial charge in [0.2, 0.25) is 0 Å². The molecule has 2 heterocycles. The standard InChI is InChI=1S/C21H28BrN5O/c1-11-6-15(25-13(3)24-11)10-27-20(28)19(22)18(9-23-27)26-17-8-14-7-16(12(17)2)21(14,4)5/h6,9,12,14,16-17,26H,7-8,10H2,1-5H3/t12-,14-,16+,17-/m1/s1. The lowest BCUT2D eigenvalue weighted by Gasteiger charge is -2.62. The zero-order valence-corrected chi connectivity index (χ0v) is 18.7. The molecule has 7 heteroatoms. The van der Waals surface area contributed by atoms with Crippen LogP contribution in [-0.2, 0) is 6.54 Å². The summed E-state index contributed by atoms with van der Waals surface area (Å²) in [5.41, 5.74) is 2.76. The first kappa shape index (κ1) is 19.6. The summed E-state index contributed by atoms with van der Waals surface area (Å²) in [6.07, 6.45) is 4.25. The van der Waals surface area contributed by atoms with Crippen molar-refractivity contribution in [3.63, 3.8) is 0 Å². The van der Waals surface area contributed by atoms with Crippen molar-refractivity contribution in [3.05, 3.63) is 44.3 Å². The van der Waals surface area contributed by atoms with Crippen LogP contribution < -0.4 is 10.9 Å². The molecule has 0 saturated heterocycles. The first-order valence-electron chi connectivity index (χ1n) is 10.00. The van der Waals surface area contributed by atoms with Crippen molar-refractivity contribution in [1.29, 1.82) is 0 Å². The summed E-state index contributed by atoms with van der Waals surface area (Å²) in [6, 6.07) is 2.27. The van der Waals surface area contributed by atoms with Gasteiger partial charge in [-0.1, -0.05) is 20.8 Å². The molecule has 150 valence electrons. The van der Waals surface area contributed by atoms with Crippen LogP contribution in [0.3, 0.4) is 0 Å². The van der Waals surface area contributed by atoms with Gasteiger partial charge in [0.25, 0.3) is 5.56 Å². The molecule has 3 saturated carbocycles. The van der Waals surface area contributed by atoms with E-state index in [1.807, 2.05) is 19.9 Å². The molecule has 2 bridgehead atoms. The van der Waals surface area contributed by atoms with E-state index < -0.39 is 0 Å². The van der Waals surface area contributed by atoms with E-state index in [4.69, 9.17) is 0 Å². The molecule has 3 aliphatic carbocycles. The van der Waals surface area contributed by atoms with Crippen molar-refractivity contribution >= 4 is 21.6 Å². The van der Waals surface area contributed by atoms with Crippen LogP contribution in [0.5, 0.6) is 0 Å². The maximum absolute atomic E-state index is 12.8. The fourth-order valence-corrected chi connectivity index (χ4v) is 5.67. The molecule has 0 aliphatic heterocycles. The summed E-state index contributed by atoms with van der Waals surface area (Å²) >= 11 is 3.50. The summed E-state index contributed by atoms with van der Waals surface area (Å²) in [4.78, 5) is 21.5. The van der Waals surface area contributed by atoms with E-state index in [1.54, 1.807) is 6.20 Å². The van der Waals surface area contributed by atoms with Gasteiger partial charge < -0.3 is 5.32 Å². The highest BCUT2D eigenvalue weighted by molar-refractivity contribution is 9.10. The first-order chi connectivity index (χ1) is 13.2. The van der Waals surface area contributed by atoms with E-state index in [-0.39, 0.29) is 5.56 Å². The van der Waals surface area contributed by atoms with Crippen molar-refractivity contribution < 1.29 is 0 Å². The molecular formula is C21H28BrN5O. The zero-order chi connectivity index (χ0) is 20.2. The van der Waals surface area contributed by atoms with E-state index >= 15 is 0 Å². The number of nitrogens with zero attached hydrogens (tertiary/aromatic N) is 4. The topological polar surface area (TPSA) is 72.7 Å². The van der Waals surface area contributed by atoms with E-state index in [2.05, 4.69) is 57.1 Å². The highest BCUT2D eigenvalue weighted by Gasteiger charge is 2.56. The smallest absolute Gasteiger partial charge is 0.283 e. The molecule has 0 unspecified atom stereocenters. The average Bonchev–Trinajstić information content (AvgIpc) is 2.61. The van der Waals surface area contributed by atoms with Crippen molar-refractivity contribution in [2.75, 3.05) is 5.32 Å². The van der Waals surface area contributed by atoms with Crippen molar-refractivity contribution in [2.45, 2.75) is 60.0 Å². The Bertz CT molecular complexity index is 950. The second kappa shape index (κ2) is 6.94. The predicted molar refractivity (Wildman–Crippen MR) is 113 cm³/mol. The van der Waals surface area contributed by atoms with Crippen LogP contribution in [0.25, 0.3) is 0 Å². The van der Waals surface area contributed by atoms with Crippen LogP contribution in [0.4, 0.5) is 5.69 Å². The van der Waals surface area contributed by atoms with Gasteiger partial charge in [-0.2, -0.15) is 5.10 Å². The SMILES string of the molecule is Cc1cc(Cn2ncc(N[C@@H]3C[C@H]4C[C@@H]([C@H]3C)C4(C)C)c(Br)c2=O)nc(C)n1. The number of aromatic nitrogens is 4. The van der Waals surface area contributed by atoms with Gasteiger partial charge in [0.05, 0.1) is 24.1 Å². The first-order valence-corrected chi connectivity index (χ1v) is 10.8. The van der Waals surface area contributed by atoms with Gasteiger partial charge in [0.1, 0.15) is 10.3 Å². The minimum absolute atomic E-state index is 0.145. The third kappa shape index (κ3) is 3.27. The molecule has 3 aliphatic rings. The number of halogens is 1. The maximum atomic E-state index is 12.8. The minimum Gasteiger partial charge on any atom is -0.380 e. The molecule has 0 radical (unpaired) electrons. The molecule has 2 aromatic heterocycles. The number of hydrogen-bond donors (Lipinski definition) is 1. The molecule has 3 fully saturated rings. The Morgan fingerprint density at radius 3 is 2.68 bits per heavy atom. The normalized spacial score (nSPS) is 27.9. The summed E-state index contributed by atoms with van der Waals surface area (Å²) in [5.74, 6) is 2.80. The summed E-state index contributed by atoms with van der Waals surface area (Å²) < 4.78 is 1.98.